The molecule has 1 amide bonds. The number of nitrogens with zero attached hydrogens (tertiary/aromatic N) is 3. The van der Waals surface area contributed by atoms with Crippen molar-refractivity contribution in [3.05, 3.63) is 52.0 Å². The third-order valence-corrected chi connectivity index (χ3v) is 4.49. The number of carbonyl (C=O) groups is 1. The molecule has 5 nitrogen and oxygen atoms in total. The van der Waals surface area contributed by atoms with Gasteiger partial charge in [-0.3, -0.25) is 9.69 Å². The molecule has 122 valence electrons. The molecule has 0 aliphatic carbocycles. The summed E-state index contributed by atoms with van der Waals surface area (Å²) in [5.41, 5.74) is 1.57. The summed E-state index contributed by atoms with van der Waals surface area (Å²) in [5.74, 6) is 0.867. The van der Waals surface area contributed by atoms with Gasteiger partial charge in [0.15, 0.2) is 0 Å². The zero-order valence-electron chi connectivity index (χ0n) is 13.3. The van der Waals surface area contributed by atoms with Gasteiger partial charge in [0.2, 0.25) is 0 Å². The van der Waals surface area contributed by atoms with Crippen LogP contribution in [0, 0.1) is 0 Å². The fraction of sp³-hybridized carbons (Fsp3) is 0.412. The quantitative estimate of drug-likeness (QED) is 0.872. The van der Waals surface area contributed by atoms with E-state index in [-0.39, 0.29) is 5.91 Å². The lowest BCUT2D eigenvalue weighted by molar-refractivity contribution is 0.0946. The molecular formula is C17H21BrN4O. The fourth-order valence-electron chi connectivity index (χ4n) is 2.84. The second-order valence-electron chi connectivity index (χ2n) is 5.82. The number of benzene rings is 1. The highest BCUT2D eigenvalue weighted by Crippen LogP contribution is 2.14. The Morgan fingerprint density at radius 2 is 2.26 bits per heavy atom. The molecule has 23 heavy (non-hydrogen) atoms. The van der Waals surface area contributed by atoms with Crippen LogP contribution in [0.4, 0.5) is 0 Å². The third-order valence-electron chi connectivity index (χ3n) is 4.00. The van der Waals surface area contributed by atoms with E-state index in [1.807, 2.05) is 30.5 Å². The van der Waals surface area contributed by atoms with Crippen LogP contribution >= 0.6 is 15.9 Å². The topological polar surface area (TPSA) is 50.2 Å². The van der Waals surface area contributed by atoms with E-state index in [0.29, 0.717) is 12.2 Å². The van der Waals surface area contributed by atoms with Gasteiger partial charge in [0, 0.05) is 30.3 Å². The van der Waals surface area contributed by atoms with Gasteiger partial charge in [-0.05, 0) is 30.7 Å². The molecular weight excluding hydrogens is 356 g/mol. The minimum absolute atomic E-state index is 0.117. The van der Waals surface area contributed by atoms with Crippen molar-refractivity contribution in [1.29, 1.82) is 0 Å². The number of hydrogen-bond donors (Lipinski definition) is 1. The van der Waals surface area contributed by atoms with Gasteiger partial charge in [0.25, 0.3) is 5.91 Å². The highest BCUT2D eigenvalue weighted by atomic mass is 79.9. The average molecular weight is 377 g/mol. The monoisotopic (exact) mass is 376 g/mol. The van der Waals surface area contributed by atoms with Crippen molar-refractivity contribution in [2.45, 2.75) is 33.0 Å². The van der Waals surface area contributed by atoms with Crippen LogP contribution in [0.3, 0.4) is 0 Å². The molecule has 0 radical (unpaired) electrons. The van der Waals surface area contributed by atoms with Gasteiger partial charge in [-0.1, -0.05) is 35.0 Å². The van der Waals surface area contributed by atoms with E-state index in [1.54, 1.807) is 0 Å². The van der Waals surface area contributed by atoms with E-state index in [4.69, 9.17) is 0 Å². The number of halogens is 1. The molecule has 1 aliphatic rings. The Kier molecular flexibility index (Phi) is 5.13. The summed E-state index contributed by atoms with van der Waals surface area (Å²) in [6.07, 6.45) is 3.01. The average Bonchev–Trinajstić information content (AvgIpc) is 2.96. The van der Waals surface area contributed by atoms with Crippen LogP contribution < -0.4 is 5.32 Å². The largest absolute Gasteiger partial charge is 0.347 e. The second-order valence-corrected chi connectivity index (χ2v) is 6.74. The van der Waals surface area contributed by atoms with E-state index >= 15 is 0 Å². The highest BCUT2D eigenvalue weighted by molar-refractivity contribution is 9.10. The first-order chi connectivity index (χ1) is 11.2. The second kappa shape index (κ2) is 7.27. The first-order valence-electron chi connectivity index (χ1n) is 7.96. The predicted octanol–water partition coefficient (Wildman–Crippen LogP) is 2.80. The minimum Gasteiger partial charge on any atom is -0.347 e. The number of fused-ring (bicyclic) bond motifs is 1. The van der Waals surface area contributed by atoms with E-state index in [9.17, 15) is 4.79 Å². The zero-order valence-corrected chi connectivity index (χ0v) is 14.8. The van der Waals surface area contributed by atoms with Gasteiger partial charge in [0.1, 0.15) is 11.5 Å². The van der Waals surface area contributed by atoms with Crippen LogP contribution in [-0.4, -0.2) is 33.4 Å². The number of carbonyl (C=O) groups excluding carboxylic acids is 1. The van der Waals surface area contributed by atoms with Gasteiger partial charge >= 0.3 is 0 Å². The van der Waals surface area contributed by atoms with Crippen LogP contribution in [-0.2, 0) is 19.6 Å². The normalized spacial score (nSPS) is 14.5. The van der Waals surface area contributed by atoms with Gasteiger partial charge in [0.05, 0.1) is 6.54 Å². The Labute approximate surface area is 144 Å². The van der Waals surface area contributed by atoms with E-state index in [2.05, 4.69) is 42.6 Å². The van der Waals surface area contributed by atoms with E-state index < -0.39 is 0 Å². The Bertz CT molecular complexity index is 698. The summed E-state index contributed by atoms with van der Waals surface area (Å²) in [6, 6.07) is 7.92. The molecule has 6 heteroatoms. The lowest BCUT2D eigenvalue weighted by Crippen LogP contribution is -2.34. The maximum atomic E-state index is 12.3. The molecule has 1 N–H and O–H groups in total. The molecule has 0 atom stereocenters. The van der Waals surface area contributed by atoms with Crippen LogP contribution in [0.2, 0.25) is 0 Å². The number of hydrogen-bond acceptors (Lipinski definition) is 3. The van der Waals surface area contributed by atoms with Gasteiger partial charge in [-0.25, -0.2) is 4.98 Å². The molecule has 0 unspecified atom stereocenters. The van der Waals surface area contributed by atoms with Crippen molar-refractivity contribution in [2.24, 2.45) is 0 Å². The van der Waals surface area contributed by atoms with Gasteiger partial charge in [-0.15, -0.1) is 0 Å². The van der Waals surface area contributed by atoms with Gasteiger partial charge < -0.3 is 9.88 Å². The van der Waals surface area contributed by atoms with Gasteiger partial charge in [-0.2, -0.15) is 0 Å². The lowest BCUT2D eigenvalue weighted by atomic mass is 10.2. The molecule has 1 aromatic carbocycles. The van der Waals surface area contributed by atoms with Crippen LogP contribution in [0.5, 0.6) is 0 Å². The summed E-state index contributed by atoms with van der Waals surface area (Å²) in [7, 11) is 0. The molecule has 3 rings (SSSR count). The molecule has 1 aliphatic heterocycles. The summed E-state index contributed by atoms with van der Waals surface area (Å²) in [5, 5.41) is 2.94. The maximum Gasteiger partial charge on any atom is 0.271 e. The van der Waals surface area contributed by atoms with Crippen LogP contribution in [0.1, 0.15) is 35.2 Å². The number of imidazole rings is 1. The Balaban J connectivity index is 1.62. The van der Waals surface area contributed by atoms with Crippen molar-refractivity contribution in [2.75, 3.05) is 13.1 Å². The fourth-order valence-corrected chi connectivity index (χ4v) is 3.29. The predicted molar refractivity (Wildman–Crippen MR) is 93.1 cm³/mol. The molecule has 2 heterocycles. The summed E-state index contributed by atoms with van der Waals surface area (Å²) in [6.45, 7) is 6.52. The summed E-state index contributed by atoms with van der Waals surface area (Å²) in [4.78, 5) is 19.2. The molecule has 0 spiro atoms. The Morgan fingerprint density at radius 1 is 1.39 bits per heavy atom. The first-order valence-corrected chi connectivity index (χ1v) is 8.76. The molecule has 0 saturated carbocycles. The number of nitrogens with one attached hydrogen (secondary N) is 1. The van der Waals surface area contributed by atoms with Crippen molar-refractivity contribution in [3.63, 3.8) is 0 Å². The van der Waals surface area contributed by atoms with Crippen molar-refractivity contribution >= 4 is 21.8 Å². The Hall–Kier alpha value is -1.66. The lowest BCUT2D eigenvalue weighted by Gasteiger charge is -2.26. The van der Waals surface area contributed by atoms with Crippen molar-refractivity contribution < 1.29 is 4.79 Å². The first kappa shape index (κ1) is 16.2. The molecule has 0 fully saturated rings. The summed E-state index contributed by atoms with van der Waals surface area (Å²) < 4.78 is 3.11. The Morgan fingerprint density at radius 3 is 3.04 bits per heavy atom. The van der Waals surface area contributed by atoms with Crippen molar-refractivity contribution in [3.8, 4) is 0 Å². The van der Waals surface area contributed by atoms with Crippen LogP contribution in [0.15, 0.2) is 34.9 Å². The highest BCUT2D eigenvalue weighted by Gasteiger charge is 2.20. The minimum atomic E-state index is -0.117. The molecule has 0 saturated heterocycles. The SMILES string of the molecule is CCCN1CCn2cc(C(=O)NCc3cccc(Br)c3)nc2C1. The molecule has 1 aromatic heterocycles. The molecule has 0 bridgehead atoms. The summed E-state index contributed by atoms with van der Waals surface area (Å²) >= 11 is 3.44. The smallest absolute Gasteiger partial charge is 0.271 e. The number of amides is 1. The third kappa shape index (κ3) is 4.00. The van der Waals surface area contributed by atoms with E-state index in [1.165, 1.54) is 0 Å². The maximum absolute atomic E-state index is 12.3. The number of rotatable bonds is 5. The standard InChI is InChI=1S/C17H21BrN4O/c1-2-6-21-7-8-22-11-15(20-16(22)12-21)17(23)19-10-13-4-3-5-14(18)9-13/h3-5,9,11H,2,6-8,10,12H2,1H3,(H,19,23). The van der Waals surface area contributed by atoms with E-state index in [0.717, 1.165) is 48.5 Å². The number of aromatic nitrogens is 2. The van der Waals surface area contributed by atoms with Crippen LogP contribution in [0.25, 0.3) is 0 Å². The van der Waals surface area contributed by atoms with Crippen molar-refractivity contribution in [1.82, 2.24) is 19.8 Å². The zero-order chi connectivity index (χ0) is 16.2. The molecule has 2 aromatic rings.